The van der Waals surface area contributed by atoms with Crippen LogP contribution < -0.4 is 15.8 Å². The number of hydrogen-bond donors (Lipinski definition) is 2. The molecule has 1 aromatic rings. The van der Waals surface area contributed by atoms with E-state index in [-0.39, 0.29) is 18.3 Å². The number of nitrogens with one attached hydrogen (secondary N) is 1. The molecule has 0 fully saturated rings. The topological polar surface area (TPSA) is 111 Å². The number of carbonyl (C=O) groups excluding carboxylic acids is 1. The van der Waals surface area contributed by atoms with Crippen molar-refractivity contribution in [1.29, 1.82) is 0 Å². The Balaban J connectivity index is 2.70. The third kappa shape index (κ3) is 6.54. The van der Waals surface area contributed by atoms with E-state index < -0.39 is 21.8 Å². The van der Waals surface area contributed by atoms with Gasteiger partial charge in [0.05, 0.1) is 17.9 Å². The van der Waals surface area contributed by atoms with Crippen LogP contribution in [0.4, 0.5) is 5.69 Å². The Morgan fingerprint density at radius 2 is 2.14 bits per heavy atom. The summed E-state index contributed by atoms with van der Waals surface area (Å²) in [5.41, 5.74) is 6.09. The van der Waals surface area contributed by atoms with Crippen LogP contribution in [0, 0.1) is 0 Å². The van der Waals surface area contributed by atoms with E-state index in [2.05, 4.69) is 10.3 Å². The molecule has 1 heterocycles. The molecule has 118 valence electrons. The van der Waals surface area contributed by atoms with Crippen molar-refractivity contribution in [2.45, 2.75) is 32.4 Å². The summed E-state index contributed by atoms with van der Waals surface area (Å²) in [6, 6.07) is 2.39. The fourth-order valence-corrected chi connectivity index (χ4v) is 2.18. The fraction of sp³-hybridized carbons (Fsp3) is 0.538. The number of rotatable bonds is 7. The van der Waals surface area contributed by atoms with E-state index in [1.54, 1.807) is 18.3 Å². The molecule has 1 aromatic heterocycles. The number of nitrogens with two attached hydrogens (primary N) is 1. The minimum atomic E-state index is -3.15. The Hall–Kier alpha value is -1.67. The number of ether oxygens (including phenoxy) is 1. The van der Waals surface area contributed by atoms with Gasteiger partial charge in [-0.1, -0.05) is 0 Å². The van der Waals surface area contributed by atoms with Gasteiger partial charge in [-0.25, -0.2) is 13.4 Å². The normalized spacial score (nSPS) is 13.0. The molecule has 1 rings (SSSR count). The molecule has 0 aliphatic carbocycles. The van der Waals surface area contributed by atoms with Crippen molar-refractivity contribution in [1.82, 2.24) is 4.98 Å². The zero-order valence-corrected chi connectivity index (χ0v) is 13.2. The van der Waals surface area contributed by atoms with Crippen LogP contribution in [0.1, 0.15) is 20.3 Å². The van der Waals surface area contributed by atoms with Crippen LogP contribution in [0.15, 0.2) is 18.3 Å². The summed E-state index contributed by atoms with van der Waals surface area (Å²) in [6.45, 7) is 3.69. The van der Waals surface area contributed by atoms with Gasteiger partial charge < -0.3 is 15.8 Å². The minimum Gasteiger partial charge on any atom is -0.473 e. The van der Waals surface area contributed by atoms with Gasteiger partial charge in [0.2, 0.25) is 11.8 Å². The Bertz CT molecular complexity index is 587. The average molecular weight is 315 g/mol. The van der Waals surface area contributed by atoms with Crippen molar-refractivity contribution in [3.63, 3.8) is 0 Å². The van der Waals surface area contributed by atoms with Gasteiger partial charge in [-0.2, -0.15) is 0 Å². The van der Waals surface area contributed by atoms with Crippen molar-refractivity contribution in [2.24, 2.45) is 5.73 Å². The molecule has 0 aliphatic rings. The van der Waals surface area contributed by atoms with Crippen LogP contribution in [0.25, 0.3) is 0 Å². The molecular weight excluding hydrogens is 294 g/mol. The monoisotopic (exact) mass is 315 g/mol. The predicted molar refractivity (Wildman–Crippen MR) is 80.9 cm³/mol. The van der Waals surface area contributed by atoms with E-state index in [4.69, 9.17) is 10.5 Å². The van der Waals surface area contributed by atoms with E-state index in [0.717, 1.165) is 6.26 Å². The Morgan fingerprint density at radius 1 is 1.48 bits per heavy atom. The number of hydrogen-bond acceptors (Lipinski definition) is 6. The largest absolute Gasteiger partial charge is 0.473 e. The maximum Gasteiger partial charge on any atom is 0.241 e. The van der Waals surface area contributed by atoms with Crippen molar-refractivity contribution in [2.75, 3.05) is 17.3 Å². The van der Waals surface area contributed by atoms with E-state index in [1.807, 2.05) is 13.8 Å². The van der Waals surface area contributed by atoms with Gasteiger partial charge in [0, 0.05) is 12.5 Å². The maximum absolute atomic E-state index is 12.0. The summed E-state index contributed by atoms with van der Waals surface area (Å²) in [4.78, 5) is 16.0. The number of pyridine rings is 1. The molecule has 21 heavy (non-hydrogen) atoms. The lowest BCUT2D eigenvalue weighted by atomic mass is 10.2. The third-order valence-electron chi connectivity index (χ3n) is 2.51. The molecule has 1 unspecified atom stereocenters. The van der Waals surface area contributed by atoms with Crippen molar-refractivity contribution in [3.8, 4) is 5.88 Å². The molecule has 1 atom stereocenters. The second-order valence-electron chi connectivity index (χ2n) is 5.04. The van der Waals surface area contributed by atoms with Crippen LogP contribution in [-0.4, -0.2) is 43.5 Å². The quantitative estimate of drug-likeness (QED) is 0.761. The van der Waals surface area contributed by atoms with E-state index in [9.17, 15) is 13.2 Å². The Morgan fingerprint density at radius 3 is 2.71 bits per heavy atom. The zero-order valence-electron chi connectivity index (χ0n) is 12.4. The number of anilines is 1. The highest BCUT2D eigenvalue weighted by molar-refractivity contribution is 7.90. The van der Waals surface area contributed by atoms with Crippen LogP contribution in [-0.2, 0) is 14.6 Å². The second kappa shape index (κ2) is 7.37. The van der Waals surface area contributed by atoms with Gasteiger partial charge in [0.15, 0.2) is 0 Å². The molecule has 0 saturated heterocycles. The molecule has 0 aromatic carbocycles. The summed E-state index contributed by atoms with van der Waals surface area (Å²) < 4.78 is 27.6. The molecular formula is C13H21N3O4S. The summed E-state index contributed by atoms with van der Waals surface area (Å²) in [5, 5.41) is 2.61. The highest BCUT2D eigenvalue weighted by Gasteiger charge is 2.18. The molecule has 0 bridgehead atoms. The number of nitrogens with zero attached hydrogens (tertiary/aromatic N) is 1. The summed E-state index contributed by atoms with van der Waals surface area (Å²) in [7, 11) is -3.15. The molecule has 0 radical (unpaired) electrons. The van der Waals surface area contributed by atoms with Crippen LogP contribution in [0.2, 0.25) is 0 Å². The standard InChI is InChI=1S/C13H21N3O4S/c1-9(2)20-13-11(5-4-7-15-13)16-12(17)10(14)6-8-21(3,18)19/h4-5,7,9-10H,6,8,14H2,1-3H3,(H,16,17). The third-order valence-corrected chi connectivity index (χ3v) is 3.49. The first-order valence-corrected chi connectivity index (χ1v) is 8.61. The molecule has 8 heteroatoms. The van der Waals surface area contributed by atoms with Crippen molar-refractivity contribution >= 4 is 21.4 Å². The molecule has 3 N–H and O–H groups in total. The smallest absolute Gasteiger partial charge is 0.241 e. The van der Waals surface area contributed by atoms with Crippen LogP contribution >= 0.6 is 0 Å². The van der Waals surface area contributed by atoms with Gasteiger partial charge in [-0.3, -0.25) is 4.79 Å². The molecule has 7 nitrogen and oxygen atoms in total. The van der Waals surface area contributed by atoms with Gasteiger partial charge in [-0.05, 0) is 32.4 Å². The zero-order chi connectivity index (χ0) is 16.0. The molecule has 0 aliphatic heterocycles. The molecule has 0 spiro atoms. The van der Waals surface area contributed by atoms with Gasteiger partial charge in [0.1, 0.15) is 15.5 Å². The van der Waals surface area contributed by atoms with E-state index >= 15 is 0 Å². The van der Waals surface area contributed by atoms with Crippen molar-refractivity contribution in [3.05, 3.63) is 18.3 Å². The number of carbonyl (C=O) groups is 1. The summed E-state index contributed by atoms with van der Waals surface area (Å²) >= 11 is 0. The summed E-state index contributed by atoms with van der Waals surface area (Å²) in [5.74, 6) is -0.305. The highest BCUT2D eigenvalue weighted by atomic mass is 32.2. The van der Waals surface area contributed by atoms with Crippen molar-refractivity contribution < 1.29 is 17.9 Å². The van der Waals surface area contributed by atoms with Crippen LogP contribution in [0.5, 0.6) is 5.88 Å². The van der Waals surface area contributed by atoms with Crippen LogP contribution in [0.3, 0.4) is 0 Å². The molecule has 1 amide bonds. The predicted octanol–water partition coefficient (Wildman–Crippen LogP) is 0.569. The van der Waals surface area contributed by atoms with Gasteiger partial charge in [-0.15, -0.1) is 0 Å². The van der Waals surface area contributed by atoms with E-state index in [0.29, 0.717) is 11.6 Å². The van der Waals surface area contributed by atoms with Gasteiger partial charge in [0.25, 0.3) is 0 Å². The number of amides is 1. The average Bonchev–Trinajstić information content (AvgIpc) is 2.36. The maximum atomic E-state index is 12.0. The second-order valence-corrected chi connectivity index (χ2v) is 7.30. The SMILES string of the molecule is CC(C)Oc1ncccc1NC(=O)C(N)CCS(C)(=O)=O. The lowest BCUT2D eigenvalue weighted by molar-refractivity contribution is -0.117. The number of aromatic nitrogens is 1. The lowest BCUT2D eigenvalue weighted by Gasteiger charge is -2.15. The Labute approximate surface area is 124 Å². The fourth-order valence-electron chi connectivity index (χ4n) is 1.50. The first kappa shape index (κ1) is 17.4. The first-order valence-electron chi connectivity index (χ1n) is 6.55. The summed E-state index contributed by atoms with van der Waals surface area (Å²) in [6.07, 6.45) is 2.63. The minimum absolute atomic E-state index is 0.0608. The lowest BCUT2D eigenvalue weighted by Crippen LogP contribution is -2.37. The first-order chi connectivity index (χ1) is 9.69. The number of sulfone groups is 1. The highest BCUT2D eigenvalue weighted by Crippen LogP contribution is 2.21. The van der Waals surface area contributed by atoms with E-state index in [1.165, 1.54) is 0 Å². The van der Waals surface area contributed by atoms with Gasteiger partial charge >= 0.3 is 0 Å². The Kier molecular flexibility index (Phi) is 6.10. The molecule has 0 saturated carbocycles.